The van der Waals surface area contributed by atoms with Crippen molar-refractivity contribution in [1.29, 1.82) is 0 Å². The predicted molar refractivity (Wildman–Crippen MR) is 71.9 cm³/mol. The van der Waals surface area contributed by atoms with E-state index in [1.54, 1.807) is 20.8 Å². The van der Waals surface area contributed by atoms with Crippen molar-refractivity contribution in [3.05, 3.63) is 0 Å². The molecule has 1 saturated heterocycles. The van der Waals surface area contributed by atoms with Crippen LogP contribution < -0.4 is 10.0 Å². The fourth-order valence-electron chi connectivity index (χ4n) is 2.11. The number of nitrogens with one attached hydrogen (secondary N) is 2. The lowest BCUT2D eigenvalue weighted by Gasteiger charge is -2.32. The van der Waals surface area contributed by atoms with E-state index in [4.69, 9.17) is 4.74 Å². The second-order valence-electron chi connectivity index (χ2n) is 4.76. The van der Waals surface area contributed by atoms with Gasteiger partial charge in [-0.05, 0) is 33.2 Å². The monoisotopic (exact) mass is 293 g/mol. The molecule has 0 aromatic carbocycles. The maximum absolute atomic E-state index is 12.1. The predicted octanol–water partition coefficient (Wildman–Crippen LogP) is 0.440. The van der Waals surface area contributed by atoms with Crippen molar-refractivity contribution in [2.24, 2.45) is 0 Å². The van der Waals surface area contributed by atoms with Gasteiger partial charge in [0.25, 0.3) is 0 Å². The van der Waals surface area contributed by atoms with Crippen LogP contribution in [0.4, 0.5) is 4.79 Å². The molecule has 1 heterocycles. The van der Waals surface area contributed by atoms with E-state index in [-0.39, 0.29) is 12.1 Å². The first-order valence-electron chi connectivity index (χ1n) is 6.57. The van der Waals surface area contributed by atoms with Gasteiger partial charge in [-0.3, -0.25) is 0 Å². The molecule has 0 aromatic heterocycles. The first kappa shape index (κ1) is 16.2. The fourth-order valence-corrected chi connectivity index (χ4v) is 3.39. The van der Waals surface area contributed by atoms with Crippen LogP contribution in [0.1, 0.15) is 33.6 Å². The van der Waals surface area contributed by atoms with Gasteiger partial charge in [-0.2, -0.15) is 12.7 Å². The number of carbonyl (C=O) groups is 1. The zero-order valence-electron chi connectivity index (χ0n) is 11.7. The molecule has 112 valence electrons. The van der Waals surface area contributed by atoms with Crippen LogP contribution in [0.2, 0.25) is 0 Å². The molecule has 0 bridgehead atoms. The molecule has 19 heavy (non-hydrogen) atoms. The summed E-state index contributed by atoms with van der Waals surface area (Å²) in [5, 5.41) is 3.16. The van der Waals surface area contributed by atoms with Crippen molar-refractivity contribution >= 4 is 16.3 Å². The minimum atomic E-state index is -3.85. The van der Waals surface area contributed by atoms with Crippen molar-refractivity contribution in [2.45, 2.75) is 45.8 Å². The molecular weight excluding hydrogens is 270 g/mol. The number of likely N-dealkylation sites (N-methyl/N-ethyl adjacent to an activating group) is 1. The largest absolute Gasteiger partial charge is 0.446 e. The van der Waals surface area contributed by atoms with Crippen molar-refractivity contribution < 1.29 is 17.9 Å². The standard InChI is InChI=1S/C11H23N3O4S/c1-4-14(10-6-5-7-12-8-10)19(16,17)13-11(15)18-9(2)3/h9-10,12H,4-8H2,1-3H3,(H,13,15). The molecule has 0 spiro atoms. The Morgan fingerprint density at radius 2 is 2.21 bits per heavy atom. The average Bonchev–Trinajstić information content (AvgIpc) is 2.28. The Bertz CT molecular complexity index is 391. The second-order valence-corrected chi connectivity index (χ2v) is 6.39. The number of hydrogen-bond donors (Lipinski definition) is 2. The van der Waals surface area contributed by atoms with Gasteiger partial charge in [0, 0.05) is 19.1 Å². The quantitative estimate of drug-likeness (QED) is 0.768. The van der Waals surface area contributed by atoms with Crippen molar-refractivity contribution in [3.63, 3.8) is 0 Å². The summed E-state index contributed by atoms with van der Waals surface area (Å²) in [6.45, 7) is 6.90. The topological polar surface area (TPSA) is 87.7 Å². The Kier molecular flexibility index (Phi) is 6.02. The molecule has 8 heteroatoms. The van der Waals surface area contributed by atoms with E-state index < -0.39 is 16.3 Å². The minimum Gasteiger partial charge on any atom is -0.446 e. The molecule has 2 N–H and O–H groups in total. The highest BCUT2D eigenvalue weighted by Gasteiger charge is 2.31. The SMILES string of the molecule is CCN(C1CCCNC1)S(=O)(=O)NC(=O)OC(C)C. The van der Waals surface area contributed by atoms with Gasteiger partial charge in [0.2, 0.25) is 0 Å². The first-order chi connectivity index (χ1) is 8.86. The van der Waals surface area contributed by atoms with E-state index in [0.717, 1.165) is 19.4 Å². The highest BCUT2D eigenvalue weighted by atomic mass is 32.2. The Morgan fingerprint density at radius 1 is 1.53 bits per heavy atom. The third-order valence-corrected chi connectivity index (χ3v) is 4.45. The Hall–Kier alpha value is -0.860. The number of amides is 1. The number of hydrogen-bond acceptors (Lipinski definition) is 5. The number of nitrogens with zero attached hydrogens (tertiary/aromatic N) is 1. The van der Waals surface area contributed by atoms with E-state index >= 15 is 0 Å². The number of ether oxygens (including phenoxy) is 1. The van der Waals surface area contributed by atoms with Crippen LogP contribution in [0.25, 0.3) is 0 Å². The molecule has 1 aliphatic heterocycles. The Morgan fingerprint density at radius 3 is 2.68 bits per heavy atom. The Balaban J connectivity index is 2.69. The highest BCUT2D eigenvalue weighted by molar-refractivity contribution is 7.87. The number of carbonyl (C=O) groups excluding carboxylic acids is 1. The maximum atomic E-state index is 12.1. The number of piperidine rings is 1. The summed E-state index contributed by atoms with van der Waals surface area (Å²) in [7, 11) is -3.85. The molecule has 1 rings (SSSR count). The van der Waals surface area contributed by atoms with Crippen LogP contribution in [0.3, 0.4) is 0 Å². The second kappa shape index (κ2) is 7.06. The van der Waals surface area contributed by atoms with Gasteiger partial charge in [-0.1, -0.05) is 6.92 Å². The molecule has 0 aromatic rings. The van der Waals surface area contributed by atoms with Crippen LogP contribution in [0.5, 0.6) is 0 Å². The maximum Gasteiger partial charge on any atom is 0.422 e. The minimum absolute atomic E-state index is 0.122. The summed E-state index contributed by atoms with van der Waals surface area (Å²) >= 11 is 0. The van der Waals surface area contributed by atoms with Gasteiger partial charge < -0.3 is 10.1 Å². The summed E-state index contributed by atoms with van der Waals surface area (Å²) in [6, 6.07) is -0.122. The molecule has 1 amide bonds. The summed E-state index contributed by atoms with van der Waals surface area (Å²) in [5.74, 6) is 0. The molecule has 1 fully saturated rings. The lowest BCUT2D eigenvalue weighted by atomic mass is 10.1. The highest BCUT2D eigenvalue weighted by Crippen LogP contribution is 2.13. The van der Waals surface area contributed by atoms with E-state index in [9.17, 15) is 13.2 Å². The van der Waals surface area contributed by atoms with Gasteiger partial charge in [-0.25, -0.2) is 9.52 Å². The van der Waals surface area contributed by atoms with E-state index in [0.29, 0.717) is 13.1 Å². The van der Waals surface area contributed by atoms with Gasteiger partial charge in [0.05, 0.1) is 6.10 Å². The fraction of sp³-hybridized carbons (Fsp3) is 0.909. The lowest BCUT2D eigenvalue weighted by molar-refractivity contribution is 0.120. The smallest absolute Gasteiger partial charge is 0.422 e. The summed E-state index contributed by atoms with van der Waals surface area (Å²) in [4.78, 5) is 11.4. The molecule has 0 aliphatic carbocycles. The van der Waals surface area contributed by atoms with Crippen molar-refractivity contribution in [2.75, 3.05) is 19.6 Å². The third kappa shape index (κ3) is 4.96. The number of rotatable bonds is 5. The normalized spacial score (nSPS) is 20.6. The third-order valence-electron chi connectivity index (χ3n) is 2.85. The molecule has 1 unspecified atom stereocenters. The lowest BCUT2D eigenvalue weighted by Crippen LogP contribution is -2.53. The molecule has 1 aliphatic rings. The molecular formula is C11H23N3O4S. The van der Waals surface area contributed by atoms with Gasteiger partial charge in [0.15, 0.2) is 0 Å². The summed E-state index contributed by atoms with van der Waals surface area (Å²) < 4.78 is 32.3. The van der Waals surface area contributed by atoms with Crippen molar-refractivity contribution in [3.8, 4) is 0 Å². The summed E-state index contributed by atoms with van der Waals surface area (Å²) in [6.07, 6.45) is 0.424. The van der Waals surface area contributed by atoms with Crippen LogP contribution in [-0.4, -0.2) is 50.6 Å². The van der Waals surface area contributed by atoms with Gasteiger partial charge >= 0.3 is 16.3 Å². The summed E-state index contributed by atoms with van der Waals surface area (Å²) in [5.41, 5.74) is 0. The van der Waals surface area contributed by atoms with Gasteiger partial charge in [0.1, 0.15) is 0 Å². The van der Waals surface area contributed by atoms with E-state index in [2.05, 4.69) is 5.32 Å². The Labute approximate surface area is 114 Å². The average molecular weight is 293 g/mol. The van der Waals surface area contributed by atoms with Crippen LogP contribution in [0, 0.1) is 0 Å². The zero-order chi connectivity index (χ0) is 14.5. The molecule has 1 atom stereocenters. The van der Waals surface area contributed by atoms with Crippen LogP contribution in [-0.2, 0) is 14.9 Å². The van der Waals surface area contributed by atoms with E-state index in [1.807, 2.05) is 4.72 Å². The molecule has 0 saturated carbocycles. The van der Waals surface area contributed by atoms with Crippen LogP contribution in [0.15, 0.2) is 0 Å². The van der Waals surface area contributed by atoms with Crippen LogP contribution >= 0.6 is 0 Å². The molecule has 0 radical (unpaired) electrons. The van der Waals surface area contributed by atoms with Crippen molar-refractivity contribution in [1.82, 2.24) is 14.3 Å². The van der Waals surface area contributed by atoms with E-state index in [1.165, 1.54) is 4.31 Å². The zero-order valence-corrected chi connectivity index (χ0v) is 12.5. The van der Waals surface area contributed by atoms with Gasteiger partial charge in [-0.15, -0.1) is 0 Å². The molecule has 7 nitrogen and oxygen atoms in total. The first-order valence-corrected chi connectivity index (χ1v) is 8.01.